The summed E-state index contributed by atoms with van der Waals surface area (Å²) in [5.74, 6) is 2.11. The topological polar surface area (TPSA) is 91.9 Å². The van der Waals surface area contributed by atoms with E-state index in [0.717, 1.165) is 55.4 Å². The summed E-state index contributed by atoms with van der Waals surface area (Å²) in [5, 5.41) is 2.46. The smallest absolute Gasteiger partial charge is 0.256 e. The number of H-pyrrole nitrogens is 2. The van der Waals surface area contributed by atoms with Gasteiger partial charge in [0.2, 0.25) is 0 Å². The molecular weight excluding hydrogens is 612 g/mol. The van der Waals surface area contributed by atoms with Crippen LogP contribution >= 0.6 is 0 Å². The normalized spacial score (nSPS) is 15.5. The van der Waals surface area contributed by atoms with Crippen molar-refractivity contribution in [3.8, 4) is 17.2 Å². The van der Waals surface area contributed by atoms with Crippen molar-refractivity contribution in [1.29, 1.82) is 0 Å². The van der Waals surface area contributed by atoms with Crippen LogP contribution in [-0.4, -0.2) is 59.9 Å². The maximum absolute atomic E-state index is 13.1. The number of hydrogen-bond acceptors (Lipinski definition) is 5. The first-order chi connectivity index (χ1) is 24.2. The van der Waals surface area contributed by atoms with Crippen LogP contribution in [0, 0.1) is 0 Å². The maximum Gasteiger partial charge on any atom is 0.256 e. The van der Waals surface area contributed by atoms with Gasteiger partial charge in [-0.1, -0.05) is 48.5 Å². The Morgan fingerprint density at radius 3 is 2.18 bits per heavy atom. The minimum Gasteiger partial charge on any atom is -0.494 e. The molecule has 1 fully saturated rings. The molecule has 2 N–H and O–H groups in total. The number of nitrogens with one attached hydrogen (secondary N) is 2. The number of nitrogens with zero attached hydrogens (tertiary/aromatic N) is 2. The van der Waals surface area contributed by atoms with E-state index in [4.69, 9.17) is 14.2 Å². The van der Waals surface area contributed by atoms with Gasteiger partial charge in [-0.05, 0) is 79.1 Å². The molecule has 8 heteroatoms. The molecule has 6 aromatic rings. The van der Waals surface area contributed by atoms with Gasteiger partial charge in [-0.3, -0.25) is 9.79 Å². The lowest BCUT2D eigenvalue weighted by molar-refractivity contribution is 0.0774. The fourth-order valence-electron chi connectivity index (χ4n) is 7.32. The molecule has 4 heterocycles. The molecular formula is C41H40N4O4. The van der Waals surface area contributed by atoms with Crippen molar-refractivity contribution >= 4 is 39.6 Å². The lowest BCUT2D eigenvalue weighted by atomic mass is 9.85. The highest BCUT2D eigenvalue weighted by Gasteiger charge is 2.32. The average Bonchev–Trinajstić information content (AvgIpc) is 3.88. The number of hydrogen-bond donors (Lipinski definition) is 2. The van der Waals surface area contributed by atoms with Crippen molar-refractivity contribution in [2.75, 3.05) is 26.9 Å². The Morgan fingerprint density at radius 2 is 1.49 bits per heavy atom. The summed E-state index contributed by atoms with van der Waals surface area (Å²) in [6, 6.07) is 29.2. The highest BCUT2D eigenvalue weighted by molar-refractivity contribution is 6.03. The highest BCUT2D eigenvalue weighted by Crippen LogP contribution is 2.40. The van der Waals surface area contributed by atoms with Crippen LogP contribution in [0.5, 0.6) is 17.2 Å². The second-order valence-corrected chi connectivity index (χ2v) is 12.8. The number of aromatic nitrogens is 2. The molecule has 0 aliphatic carbocycles. The van der Waals surface area contributed by atoms with E-state index in [1.165, 1.54) is 27.5 Å². The zero-order valence-corrected chi connectivity index (χ0v) is 27.7. The number of aliphatic imine (C=N–C) groups is 1. The summed E-state index contributed by atoms with van der Waals surface area (Å²) in [5.41, 5.74) is 7.20. The molecule has 4 aromatic carbocycles. The van der Waals surface area contributed by atoms with Crippen LogP contribution in [0.25, 0.3) is 21.8 Å². The maximum atomic E-state index is 13.1. The van der Waals surface area contributed by atoms with Gasteiger partial charge in [0.25, 0.3) is 5.91 Å². The zero-order valence-electron chi connectivity index (χ0n) is 27.7. The molecule has 2 aromatic heterocycles. The predicted molar refractivity (Wildman–Crippen MR) is 194 cm³/mol. The highest BCUT2D eigenvalue weighted by atomic mass is 16.5. The predicted octanol–water partition coefficient (Wildman–Crippen LogP) is 8.79. The lowest BCUT2D eigenvalue weighted by Crippen LogP contribution is -2.35. The molecule has 1 atom stereocenters. The van der Waals surface area contributed by atoms with Gasteiger partial charge in [-0.15, -0.1) is 0 Å². The van der Waals surface area contributed by atoms with Crippen LogP contribution in [-0.2, 0) is 0 Å². The number of aromatic amines is 2. The average molecular weight is 653 g/mol. The number of carbonyl (C=O) groups excluding carboxylic acids is 1. The molecule has 0 spiro atoms. The molecule has 0 unspecified atom stereocenters. The summed E-state index contributed by atoms with van der Waals surface area (Å²) in [7, 11) is 1.60. The zero-order chi connectivity index (χ0) is 33.2. The molecule has 2 aliphatic heterocycles. The van der Waals surface area contributed by atoms with Crippen LogP contribution in [0.1, 0.15) is 65.1 Å². The summed E-state index contributed by atoms with van der Waals surface area (Å²) >= 11 is 0. The number of benzene rings is 4. The third kappa shape index (κ3) is 6.03. The number of para-hydroxylation sites is 2. The van der Waals surface area contributed by atoms with Gasteiger partial charge >= 0.3 is 0 Å². The Kier molecular flexibility index (Phi) is 8.52. The number of fused-ring (bicyclic) bond motifs is 4. The van der Waals surface area contributed by atoms with Crippen molar-refractivity contribution in [2.45, 2.75) is 44.1 Å². The minimum atomic E-state index is 0.0119. The Balaban J connectivity index is 0.879. The minimum absolute atomic E-state index is 0.0119. The van der Waals surface area contributed by atoms with Crippen LogP contribution in [0.3, 0.4) is 0 Å². The Hall–Kier alpha value is -5.50. The number of rotatable bonds is 12. The molecule has 0 saturated carbocycles. The van der Waals surface area contributed by atoms with Crippen molar-refractivity contribution in [3.63, 3.8) is 0 Å². The fourth-order valence-corrected chi connectivity index (χ4v) is 7.32. The van der Waals surface area contributed by atoms with E-state index in [0.29, 0.717) is 36.0 Å². The molecule has 248 valence electrons. The van der Waals surface area contributed by atoms with E-state index in [-0.39, 0.29) is 17.9 Å². The largest absolute Gasteiger partial charge is 0.494 e. The molecule has 8 nitrogen and oxygen atoms in total. The molecule has 1 saturated heterocycles. The lowest BCUT2D eigenvalue weighted by Gasteiger charge is -2.20. The van der Waals surface area contributed by atoms with E-state index in [1.807, 2.05) is 17.2 Å². The van der Waals surface area contributed by atoms with Gasteiger partial charge in [0.15, 0.2) is 11.5 Å². The number of ether oxygens (including phenoxy) is 3. The molecule has 8 rings (SSSR count). The van der Waals surface area contributed by atoms with E-state index in [9.17, 15) is 4.79 Å². The monoisotopic (exact) mass is 652 g/mol. The number of unbranched alkanes of at least 4 members (excludes halogenated alkanes) is 2. The Bertz CT molecular complexity index is 2060. The van der Waals surface area contributed by atoms with Crippen molar-refractivity contribution < 1.29 is 19.0 Å². The van der Waals surface area contributed by atoms with E-state index in [2.05, 4.69) is 100 Å². The SMILES string of the molecule is COc1cc2c(cc1OCCCCCOc1ccc(C(c3c[nH]c4ccccc34)c3c[nH]c4ccccc34)cc1)N=C[C@@H]1CCCN1C2=O. The van der Waals surface area contributed by atoms with Crippen LogP contribution < -0.4 is 14.2 Å². The second-order valence-electron chi connectivity index (χ2n) is 12.8. The Labute approximate surface area is 285 Å². The summed E-state index contributed by atoms with van der Waals surface area (Å²) < 4.78 is 17.9. The standard InChI is InChI=1S/C41H40N4O4/c1-47-38-22-32-37(42-24-28-10-9-19-45(28)41(32)46)23-39(38)49-21-8-2-7-20-48-29-17-15-27(16-18-29)40(33-25-43-35-13-5-3-11-30(33)35)34-26-44-36-14-6-4-12-31(34)36/h3-6,11-18,22-26,28,40,43-44H,2,7-10,19-21H2,1H3/t28-/m0/s1. The first-order valence-electron chi connectivity index (χ1n) is 17.2. The van der Waals surface area contributed by atoms with Gasteiger partial charge in [0.05, 0.1) is 37.6 Å². The molecule has 49 heavy (non-hydrogen) atoms. The first kappa shape index (κ1) is 30.8. The molecule has 0 radical (unpaired) electrons. The quantitative estimate of drug-likeness (QED) is 0.129. The second kappa shape index (κ2) is 13.5. The third-order valence-electron chi connectivity index (χ3n) is 9.85. The third-order valence-corrected chi connectivity index (χ3v) is 9.85. The van der Waals surface area contributed by atoms with Gasteiger partial charge in [-0.25, -0.2) is 0 Å². The number of amides is 1. The van der Waals surface area contributed by atoms with E-state index >= 15 is 0 Å². The number of carbonyl (C=O) groups is 1. The Morgan fingerprint density at radius 1 is 0.816 bits per heavy atom. The van der Waals surface area contributed by atoms with Crippen LogP contribution in [0.2, 0.25) is 0 Å². The van der Waals surface area contributed by atoms with Crippen molar-refractivity contribution in [3.05, 3.63) is 120 Å². The van der Waals surface area contributed by atoms with Crippen molar-refractivity contribution in [2.24, 2.45) is 4.99 Å². The fraction of sp³-hybridized carbons (Fsp3) is 0.268. The molecule has 2 aliphatic rings. The first-order valence-corrected chi connectivity index (χ1v) is 17.2. The summed E-state index contributed by atoms with van der Waals surface area (Å²) in [6.45, 7) is 1.94. The van der Waals surface area contributed by atoms with Crippen LogP contribution in [0.4, 0.5) is 5.69 Å². The van der Waals surface area contributed by atoms with Gasteiger partial charge in [0.1, 0.15) is 5.75 Å². The number of methoxy groups -OCH3 is 1. The summed E-state index contributed by atoms with van der Waals surface area (Å²) in [4.78, 5) is 26.6. The van der Waals surface area contributed by atoms with Crippen LogP contribution in [0.15, 0.2) is 102 Å². The molecule has 1 amide bonds. The van der Waals surface area contributed by atoms with Gasteiger partial charge in [-0.2, -0.15) is 0 Å². The molecule has 0 bridgehead atoms. The summed E-state index contributed by atoms with van der Waals surface area (Å²) in [6.07, 6.45) is 10.9. The van der Waals surface area contributed by atoms with E-state index in [1.54, 1.807) is 13.2 Å². The van der Waals surface area contributed by atoms with Gasteiger partial charge in [0, 0.05) is 58.9 Å². The van der Waals surface area contributed by atoms with Gasteiger partial charge < -0.3 is 29.1 Å². The van der Waals surface area contributed by atoms with Crippen molar-refractivity contribution in [1.82, 2.24) is 14.9 Å². The van der Waals surface area contributed by atoms with E-state index < -0.39 is 0 Å².